The molecule has 0 aliphatic carbocycles. The molecule has 0 fully saturated rings. The van der Waals surface area contributed by atoms with Crippen LogP contribution in [0.3, 0.4) is 0 Å². The van der Waals surface area contributed by atoms with Crippen LogP contribution < -0.4 is 4.80 Å². The second kappa shape index (κ2) is 7.31. The van der Waals surface area contributed by atoms with Crippen LogP contribution >= 0.6 is 34.5 Å². The Bertz CT molecular complexity index is 729. The first-order valence-corrected chi connectivity index (χ1v) is 8.48. The van der Waals surface area contributed by atoms with Gasteiger partial charge in [0.05, 0.1) is 16.0 Å². The van der Waals surface area contributed by atoms with Gasteiger partial charge in [-0.05, 0) is 31.0 Å². The number of rotatable bonds is 5. The summed E-state index contributed by atoms with van der Waals surface area (Å²) >= 11 is 14.0. The number of aryl methyl sites for hydroxylation is 1. The number of benzene rings is 1. The van der Waals surface area contributed by atoms with E-state index in [1.54, 1.807) is 19.1 Å². The number of hydrogen-bond donors (Lipinski definition) is 1. The van der Waals surface area contributed by atoms with Gasteiger partial charge in [0.2, 0.25) is 0 Å². The van der Waals surface area contributed by atoms with Crippen molar-refractivity contribution in [3.05, 3.63) is 44.1 Å². The summed E-state index contributed by atoms with van der Waals surface area (Å²) in [6.45, 7) is 4.55. The van der Waals surface area contributed by atoms with Crippen LogP contribution in [0.1, 0.15) is 31.7 Å². The van der Waals surface area contributed by atoms with Gasteiger partial charge in [0.15, 0.2) is 4.80 Å². The van der Waals surface area contributed by atoms with Crippen LogP contribution in [-0.2, 0) is 11.3 Å². The minimum Gasteiger partial charge on any atom is -0.481 e. The lowest BCUT2D eigenvalue weighted by Gasteiger charge is -2.10. The van der Waals surface area contributed by atoms with Gasteiger partial charge in [-0.3, -0.25) is 4.79 Å². The summed E-state index contributed by atoms with van der Waals surface area (Å²) in [5.41, 5.74) is 1.03. The minimum absolute atomic E-state index is 0.354. The molecule has 118 valence electrons. The van der Waals surface area contributed by atoms with Crippen LogP contribution in [0.2, 0.25) is 10.0 Å². The summed E-state index contributed by atoms with van der Waals surface area (Å²) in [7, 11) is 0. The molecular weight excluding hydrogens is 343 g/mol. The summed E-state index contributed by atoms with van der Waals surface area (Å²) in [6, 6.07) is 3.23. The Morgan fingerprint density at radius 3 is 2.59 bits per heavy atom. The van der Waals surface area contributed by atoms with Crippen molar-refractivity contribution in [1.82, 2.24) is 4.57 Å². The SMILES string of the molecule is CCCn1ccs/c1=N\c1c(Cl)cc(C(C)C(=O)O)cc1Cl. The fourth-order valence-electron chi connectivity index (χ4n) is 1.98. The maximum absolute atomic E-state index is 11.1. The monoisotopic (exact) mass is 358 g/mol. The summed E-state index contributed by atoms with van der Waals surface area (Å²) in [6.07, 6.45) is 2.97. The lowest BCUT2D eigenvalue weighted by atomic mass is 10.0. The molecule has 1 atom stereocenters. The highest BCUT2D eigenvalue weighted by Crippen LogP contribution is 2.36. The molecule has 1 aromatic heterocycles. The van der Waals surface area contributed by atoms with Gasteiger partial charge in [0.25, 0.3) is 0 Å². The standard InChI is InChI=1S/C15H16Cl2N2O2S/c1-3-4-19-5-6-22-15(19)18-13-11(16)7-10(8-12(13)17)9(2)14(20)21/h5-9H,3-4H2,1-2H3,(H,20,21)/b18-15-. The Morgan fingerprint density at radius 1 is 1.41 bits per heavy atom. The first kappa shape index (κ1) is 17.1. The smallest absolute Gasteiger partial charge is 0.310 e. The van der Waals surface area contributed by atoms with E-state index in [1.807, 2.05) is 16.1 Å². The fraction of sp³-hybridized carbons (Fsp3) is 0.333. The highest BCUT2D eigenvalue weighted by atomic mass is 35.5. The molecule has 1 heterocycles. The fourth-order valence-corrected chi connectivity index (χ4v) is 3.33. The van der Waals surface area contributed by atoms with Crippen molar-refractivity contribution in [3.63, 3.8) is 0 Å². The maximum Gasteiger partial charge on any atom is 0.310 e. The number of aliphatic carboxylic acids is 1. The minimum atomic E-state index is -0.920. The molecule has 1 N–H and O–H groups in total. The second-order valence-electron chi connectivity index (χ2n) is 4.88. The maximum atomic E-state index is 11.1. The molecule has 0 aliphatic heterocycles. The molecular formula is C15H16Cl2N2O2S. The molecule has 4 nitrogen and oxygen atoms in total. The molecule has 0 aliphatic rings. The average molecular weight is 359 g/mol. The number of hydrogen-bond acceptors (Lipinski definition) is 3. The van der Waals surface area contributed by atoms with E-state index in [1.165, 1.54) is 11.3 Å². The van der Waals surface area contributed by atoms with Crippen molar-refractivity contribution < 1.29 is 9.90 Å². The zero-order valence-electron chi connectivity index (χ0n) is 12.2. The van der Waals surface area contributed by atoms with Gasteiger partial charge in [-0.15, -0.1) is 11.3 Å². The topological polar surface area (TPSA) is 54.6 Å². The zero-order valence-corrected chi connectivity index (χ0v) is 14.5. The van der Waals surface area contributed by atoms with E-state index in [9.17, 15) is 4.79 Å². The molecule has 0 bridgehead atoms. The molecule has 0 saturated heterocycles. The van der Waals surface area contributed by atoms with Gasteiger partial charge in [-0.2, -0.15) is 0 Å². The van der Waals surface area contributed by atoms with E-state index in [-0.39, 0.29) is 0 Å². The lowest BCUT2D eigenvalue weighted by Crippen LogP contribution is -2.13. The predicted octanol–water partition coefficient (Wildman–Crippen LogP) is 4.69. The Morgan fingerprint density at radius 2 is 2.05 bits per heavy atom. The van der Waals surface area contributed by atoms with E-state index in [4.69, 9.17) is 28.3 Å². The highest BCUT2D eigenvalue weighted by Gasteiger charge is 2.17. The molecule has 2 rings (SSSR count). The third-order valence-electron chi connectivity index (χ3n) is 3.24. The van der Waals surface area contributed by atoms with Gasteiger partial charge < -0.3 is 9.67 Å². The van der Waals surface area contributed by atoms with E-state index in [0.29, 0.717) is 21.3 Å². The van der Waals surface area contributed by atoms with Crippen molar-refractivity contribution >= 4 is 46.2 Å². The molecule has 0 saturated carbocycles. The van der Waals surface area contributed by atoms with Crippen molar-refractivity contribution in [1.29, 1.82) is 0 Å². The van der Waals surface area contributed by atoms with Gasteiger partial charge in [0, 0.05) is 18.1 Å². The largest absolute Gasteiger partial charge is 0.481 e. The number of halogens is 2. The average Bonchev–Trinajstić information content (AvgIpc) is 2.89. The number of carboxylic acid groups (broad SMARTS) is 1. The number of carbonyl (C=O) groups is 1. The third kappa shape index (κ3) is 3.72. The van der Waals surface area contributed by atoms with E-state index in [0.717, 1.165) is 17.8 Å². The Hall–Kier alpha value is -1.30. The Labute approximate surface area is 142 Å². The van der Waals surface area contributed by atoms with Crippen LogP contribution in [-0.4, -0.2) is 15.6 Å². The molecule has 0 spiro atoms. The summed E-state index contributed by atoms with van der Waals surface area (Å²) < 4.78 is 2.03. The number of thiazole rings is 1. The summed E-state index contributed by atoms with van der Waals surface area (Å²) in [5, 5.41) is 11.7. The van der Waals surface area contributed by atoms with Crippen LogP contribution in [0.25, 0.3) is 0 Å². The Kier molecular flexibility index (Phi) is 5.67. The second-order valence-corrected chi connectivity index (χ2v) is 6.57. The third-order valence-corrected chi connectivity index (χ3v) is 4.61. The van der Waals surface area contributed by atoms with Crippen LogP contribution in [0.4, 0.5) is 5.69 Å². The van der Waals surface area contributed by atoms with E-state index < -0.39 is 11.9 Å². The van der Waals surface area contributed by atoms with Crippen molar-refractivity contribution in [3.8, 4) is 0 Å². The van der Waals surface area contributed by atoms with Crippen LogP contribution in [0.15, 0.2) is 28.7 Å². The quantitative estimate of drug-likeness (QED) is 0.842. The van der Waals surface area contributed by atoms with Gasteiger partial charge >= 0.3 is 5.97 Å². The molecule has 7 heteroatoms. The summed E-state index contributed by atoms with van der Waals surface area (Å²) in [4.78, 5) is 16.4. The first-order valence-electron chi connectivity index (χ1n) is 6.84. The number of aromatic nitrogens is 1. The normalized spacial score (nSPS) is 13.4. The van der Waals surface area contributed by atoms with Gasteiger partial charge in [0.1, 0.15) is 5.69 Å². The highest BCUT2D eigenvalue weighted by molar-refractivity contribution is 7.07. The molecule has 0 radical (unpaired) electrons. The first-order chi connectivity index (χ1) is 10.4. The van der Waals surface area contributed by atoms with Crippen LogP contribution in [0.5, 0.6) is 0 Å². The van der Waals surface area contributed by atoms with Gasteiger partial charge in [-0.1, -0.05) is 30.1 Å². The van der Waals surface area contributed by atoms with Crippen molar-refractivity contribution in [2.24, 2.45) is 4.99 Å². The van der Waals surface area contributed by atoms with E-state index in [2.05, 4.69) is 11.9 Å². The zero-order chi connectivity index (χ0) is 16.3. The molecule has 2 aromatic rings. The molecule has 1 unspecified atom stereocenters. The van der Waals surface area contributed by atoms with Crippen molar-refractivity contribution in [2.45, 2.75) is 32.7 Å². The lowest BCUT2D eigenvalue weighted by molar-refractivity contribution is -0.138. The summed E-state index contributed by atoms with van der Waals surface area (Å²) in [5.74, 6) is -1.59. The number of carboxylic acids is 1. The Balaban J connectivity index is 2.49. The molecule has 22 heavy (non-hydrogen) atoms. The van der Waals surface area contributed by atoms with E-state index >= 15 is 0 Å². The van der Waals surface area contributed by atoms with Gasteiger partial charge in [-0.25, -0.2) is 4.99 Å². The molecule has 0 amide bonds. The van der Waals surface area contributed by atoms with Crippen molar-refractivity contribution in [2.75, 3.05) is 0 Å². The number of nitrogens with zero attached hydrogens (tertiary/aromatic N) is 2. The predicted molar refractivity (Wildman–Crippen MR) is 90.3 cm³/mol. The van der Waals surface area contributed by atoms with Crippen LogP contribution in [0, 0.1) is 0 Å². The molecule has 1 aromatic carbocycles.